The van der Waals surface area contributed by atoms with Crippen molar-refractivity contribution in [2.24, 2.45) is 0 Å². The average Bonchev–Trinajstić information content (AvgIpc) is 2.05. The monoisotopic (exact) mass is 168 g/mol. The summed E-state index contributed by atoms with van der Waals surface area (Å²) in [6.07, 6.45) is 4.84. The minimum absolute atomic E-state index is 0.0349. The van der Waals surface area contributed by atoms with Crippen molar-refractivity contribution in [1.82, 2.24) is 0 Å². The summed E-state index contributed by atoms with van der Waals surface area (Å²) >= 11 is 0. The second-order valence-corrected chi connectivity index (χ2v) is 2.84. The highest BCUT2D eigenvalue weighted by atomic mass is 16.1. The van der Waals surface area contributed by atoms with Gasteiger partial charge in [-0.05, 0) is 12.5 Å². The molecule has 0 unspecified atom stereocenters. The third kappa shape index (κ3) is 5.83. The molecule has 0 saturated heterocycles. The molecule has 0 fully saturated rings. The van der Waals surface area contributed by atoms with E-state index >= 15 is 0 Å². The SMILES string of the molecule is C=CC(=O)CC(=O)CCCCC. The van der Waals surface area contributed by atoms with Crippen molar-refractivity contribution < 1.29 is 9.59 Å². The second kappa shape index (κ2) is 6.77. The van der Waals surface area contributed by atoms with Crippen LogP contribution in [0.4, 0.5) is 0 Å². The molecule has 0 aromatic heterocycles. The molecule has 0 spiro atoms. The maximum absolute atomic E-state index is 11.0. The van der Waals surface area contributed by atoms with E-state index in [9.17, 15) is 9.59 Å². The van der Waals surface area contributed by atoms with Crippen LogP contribution in [-0.2, 0) is 9.59 Å². The van der Waals surface area contributed by atoms with Gasteiger partial charge in [0, 0.05) is 6.42 Å². The van der Waals surface area contributed by atoms with Crippen LogP contribution in [-0.4, -0.2) is 11.6 Å². The Morgan fingerprint density at radius 2 is 2.00 bits per heavy atom. The summed E-state index contributed by atoms with van der Waals surface area (Å²) in [6.45, 7) is 5.39. The lowest BCUT2D eigenvalue weighted by Gasteiger charge is -1.96. The summed E-state index contributed by atoms with van der Waals surface area (Å²) in [5.41, 5.74) is 0. The molecule has 0 aliphatic carbocycles. The van der Waals surface area contributed by atoms with Gasteiger partial charge in [0.05, 0.1) is 6.42 Å². The fourth-order valence-corrected chi connectivity index (χ4v) is 0.927. The molecule has 68 valence electrons. The standard InChI is InChI=1S/C10H16O2/c1-3-5-6-7-10(12)8-9(11)4-2/h4H,2-3,5-8H2,1H3. The zero-order valence-corrected chi connectivity index (χ0v) is 7.64. The van der Waals surface area contributed by atoms with Gasteiger partial charge in [0.2, 0.25) is 0 Å². The first-order chi connectivity index (χ1) is 5.70. The van der Waals surface area contributed by atoms with Crippen LogP contribution in [0.25, 0.3) is 0 Å². The van der Waals surface area contributed by atoms with Gasteiger partial charge in [-0.25, -0.2) is 0 Å². The minimum Gasteiger partial charge on any atom is -0.299 e. The van der Waals surface area contributed by atoms with Gasteiger partial charge in [-0.3, -0.25) is 9.59 Å². The predicted octanol–water partition coefficient (Wildman–Crippen LogP) is 2.28. The molecule has 0 N–H and O–H groups in total. The van der Waals surface area contributed by atoms with E-state index in [1.807, 2.05) is 0 Å². The number of unbranched alkanes of at least 4 members (excludes halogenated alkanes) is 2. The fourth-order valence-electron chi connectivity index (χ4n) is 0.927. The Bertz CT molecular complexity index is 171. The minimum atomic E-state index is -0.170. The Labute approximate surface area is 73.7 Å². The molecule has 2 heteroatoms. The van der Waals surface area contributed by atoms with Crippen molar-refractivity contribution in [3.05, 3.63) is 12.7 Å². The second-order valence-electron chi connectivity index (χ2n) is 2.84. The van der Waals surface area contributed by atoms with Crippen molar-refractivity contribution in [3.8, 4) is 0 Å². The highest BCUT2D eigenvalue weighted by Crippen LogP contribution is 2.02. The van der Waals surface area contributed by atoms with Crippen molar-refractivity contribution >= 4 is 11.6 Å². The van der Waals surface area contributed by atoms with Crippen molar-refractivity contribution in [2.45, 2.75) is 39.0 Å². The highest BCUT2D eigenvalue weighted by molar-refractivity contribution is 6.04. The van der Waals surface area contributed by atoms with Gasteiger partial charge >= 0.3 is 0 Å². The first-order valence-corrected chi connectivity index (χ1v) is 4.37. The Hall–Kier alpha value is -0.920. The molecule has 0 amide bonds. The molecule has 0 atom stereocenters. The number of hydrogen-bond acceptors (Lipinski definition) is 2. The largest absolute Gasteiger partial charge is 0.299 e. The molecule has 0 aliphatic heterocycles. The van der Waals surface area contributed by atoms with Gasteiger partial charge in [0.25, 0.3) is 0 Å². The van der Waals surface area contributed by atoms with Crippen LogP contribution in [0.15, 0.2) is 12.7 Å². The normalized spacial score (nSPS) is 9.42. The summed E-state index contributed by atoms with van der Waals surface area (Å²) in [4.78, 5) is 21.7. The first-order valence-electron chi connectivity index (χ1n) is 4.37. The lowest BCUT2D eigenvalue weighted by molar-refractivity contribution is -0.124. The smallest absolute Gasteiger partial charge is 0.162 e. The number of rotatable bonds is 7. The number of ketones is 2. The summed E-state index contributed by atoms with van der Waals surface area (Å²) in [6, 6.07) is 0. The zero-order valence-electron chi connectivity index (χ0n) is 7.64. The molecule has 0 rings (SSSR count). The average molecular weight is 168 g/mol. The topological polar surface area (TPSA) is 34.1 Å². The maximum Gasteiger partial charge on any atom is 0.162 e. The van der Waals surface area contributed by atoms with E-state index < -0.39 is 0 Å². The summed E-state index contributed by atoms with van der Waals surface area (Å²) in [5, 5.41) is 0. The molecule has 0 bridgehead atoms. The van der Waals surface area contributed by atoms with Gasteiger partial charge in [-0.2, -0.15) is 0 Å². The molecule has 0 aromatic carbocycles. The van der Waals surface area contributed by atoms with Gasteiger partial charge < -0.3 is 0 Å². The van der Waals surface area contributed by atoms with Crippen LogP contribution < -0.4 is 0 Å². The van der Waals surface area contributed by atoms with E-state index in [-0.39, 0.29) is 18.0 Å². The lowest BCUT2D eigenvalue weighted by atomic mass is 10.1. The Balaban J connectivity index is 3.46. The van der Waals surface area contributed by atoms with Crippen molar-refractivity contribution in [3.63, 3.8) is 0 Å². The van der Waals surface area contributed by atoms with Crippen LogP contribution >= 0.6 is 0 Å². The number of carbonyl (C=O) groups is 2. The van der Waals surface area contributed by atoms with Crippen LogP contribution in [0, 0.1) is 0 Å². The Morgan fingerprint density at radius 1 is 1.33 bits per heavy atom. The number of Topliss-reactive ketones (excluding diaryl/α,β-unsaturated/α-hetero) is 1. The molecular formula is C10H16O2. The lowest BCUT2D eigenvalue weighted by Crippen LogP contribution is -2.04. The van der Waals surface area contributed by atoms with Crippen molar-refractivity contribution in [2.75, 3.05) is 0 Å². The third-order valence-corrected chi connectivity index (χ3v) is 1.66. The quantitative estimate of drug-likeness (QED) is 0.332. The maximum atomic E-state index is 11.0. The van der Waals surface area contributed by atoms with Gasteiger partial charge in [0.1, 0.15) is 5.78 Å². The molecule has 2 nitrogen and oxygen atoms in total. The molecule has 0 aliphatic rings. The molecule has 12 heavy (non-hydrogen) atoms. The Morgan fingerprint density at radius 3 is 2.50 bits per heavy atom. The molecule has 0 saturated carbocycles. The van der Waals surface area contributed by atoms with Crippen LogP contribution in [0.3, 0.4) is 0 Å². The molecule has 0 aromatic rings. The zero-order chi connectivity index (χ0) is 9.40. The first kappa shape index (κ1) is 11.1. The molecule has 0 radical (unpaired) electrons. The van der Waals surface area contributed by atoms with Gasteiger partial charge in [0.15, 0.2) is 5.78 Å². The van der Waals surface area contributed by atoms with Crippen molar-refractivity contribution in [1.29, 1.82) is 0 Å². The number of carbonyl (C=O) groups excluding carboxylic acids is 2. The summed E-state index contributed by atoms with van der Waals surface area (Å²) < 4.78 is 0. The van der Waals surface area contributed by atoms with E-state index in [4.69, 9.17) is 0 Å². The Kier molecular flexibility index (Phi) is 6.25. The molecule has 0 heterocycles. The van der Waals surface area contributed by atoms with E-state index in [0.29, 0.717) is 6.42 Å². The summed E-state index contributed by atoms with van der Waals surface area (Å²) in [5.74, 6) is -0.134. The van der Waals surface area contributed by atoms with E-state index in [2.05, 4.69) is 13.5 Å². The fraction of sp³-hybridized carbons (Fsp3) is 0.600. The van der Waals surface area contributed by atoms with Crippen LogP contribution in [0.5, 0.6) is 0 Å². The number of allylic oxidation sites excluding steroid dienone is 1. The van der Waals surface area contributed by atoms with Crippen LogP contribution in [0.2, 0.25) is 0 Å². The van der Waals surface area contributed by atoms with Crippen LogP contribution in [0.1, 0.15) is 39.0 Å². The van der Waals surface area contributed by atoms with E-state index in [1.165, 1.54) is 6.08 Å². The van der Waals surface area contributed by atoms with Gasteiger partial charge in [-0.1, -0.05) is 26.3 Å². The predicted molar refractivity (Wildman–Crippen MR) is 49.0 cm³/mol. The summed E-state index contributed by atoms with van der Waals surface area (Å²) in [7, 11) is 0. The van der Waals surface area contributed by atoms with E-state index in [1.54, 1.807) is 0 Å². The highest BCUT2D eigenvalue weighted by Gasteiger charge is 2.05. The molecular weight excluding hydrogens is 152 g/mol. The van der Waals surface area contributed by atoms with E-state index in [0.717, 1.165) is 19.3 Å². The van der Waals surface area contributed by atoms with Gasteiger partial charge in [-0.15, -0.1) is 0 Å². The number of hydrogen-bond donors (Lipinski definition) is 0. The third-order valence-electron chi connectivity index (χ3n) is 1.66.